The first-order valence-corrected chi connectivity index (χ1v) is 18.5. The summed E-state index contributed by atoms with van der Waals surface area (Å²) < 4.78 is 165. The van der Waals surface area contributed by atoms with Gasteiger partial charge in [0, 0.05) is 19.4 Å². The summed E-state index contributed by atoms with van der Waals surface area (Å²) in [4.78, 5) is 44.7. The molecule has 2 amide bonds. The number of phenolic OH excluding ortho intramolecular Hbond substituents is 1. The number of phenols is 1. The van der Waals surface area contributed by atoms with Gasteiger partial charge in [0.05, 0.1) is 35.3 Å². The minimum Gasteiger partial charge on any atom is -0.508 e. The largest absolute Gasteiger partial charge is 0.508 e. The number of nitrogens with one attached hydrogen (secondary N) is 2. The molecule has 0 aliphatic rings. The van der Waals surface area contributed by atoms with Gasteiger partial charge in [-0.25, -0.2) is 4.79 Å². The van der Waals surface area contributed by atoms with Crippen molar-refractivity contribution in [3.05, 3.63) is 130 Å². The fourth-order valence-corrected chi connectivity index (χ4v) is 4.98. The van der Waals surface area contributed by atoms with Crippen LogP contribution in [-0.4, -0.2) is 55.2 Å². The number of carbonyl (C=O) groups is 4. The predicted octanol–water partition coefficient (Wildman–Crippen LogP) is 9.76. The van der Waals surface area contributed by atoms with Gasteiger partial charge >= 0.3 is 36.6 Å². The second-order valence-electron chi connectivity index (χ2n) is 12.5. The van der Waals surface area contributed by atoms with Crippen molar-refractivity contribution < 1.29 is 91.2 Å². The highest BCUT2D eigenvalue weighted by Crippen LogP contribution is 2.35. The average Bonchev–Trinajstić information content (AvgIpc) is 3.19. The number of esters is 2. The molecule has 0 aliphatic carbocycles. The zero-order chi connectivity index (χ0) is 47.8. The Balaban J connectivity index is 0.000000365. The molecule has 4 aromatic rings. The molecule has 0 radical (unpaired) electrons. The maximum Gasteiger partial charge on any atom is 0.416 e. The minimum atomic E-state index is -4.66. The normalized spacial score (nSPS) is 12.5. The van der Waals surface area contributed by atoms with Crippen LogP contribution in [0, 0.1) is 0 Å². The van der Waals surface area contributed by atoms with Crippen molar-refractivity contribution in [2.24, 2.45) is 0 Å². The molecule has 4 rings (SSSR count). The molecule has 2 atom stereocenters. The summed E-state index contributed by atoms with van der Waals surface area (Å²) in [6, 6.07) is 15.2. The standard InChI is InChI=1S/C20H17F6NO4.C13H13BrF3NO3.C7H5F3O/c1-12(28)27-9-10-30-18(29)17(13-5-7-14(8-6-13)19(21,22)23)31-16-4-2-3-15(11-16)20(24,25)26;1-8(19)18-6-7-21-12(20)11(14)9-2-4-10(5-3-9)13(15,16)17;8-7(9,10)5-2-1-3-6(11)4-5/h2-8,11,17H,9-10H2,1H3,(H,27,28);2-5,11H,6-7H2,1H3,(H,18,19);1-4,11H. The summed E-state index contributed by atoms with van der Waals surface area (Å²) in [6.07, 6.45) is -19.7. The number of carbonyl (C=O) groups excluding carboxylic acids is 4. The third-order valence-electron chi connectivity index (χ3n) is 7.52. The van der Waals surface area contributed by atoms with E-state index in [2.05, 4.69) is 26.6 Å². The van der Waals surface area contributed by atoms with Crippen LogP contribution in [0.15, 0.2) is 97.1 Å². The lowest BCUT2D eigenvalue weighted by Crippen LogP contribution is -2.28. The van der Waals surface area contributed by atoms with E-state index in [1.807, 2.05) is 0 Å². The molecule has 0 saturated heterocycles. The molecule has 0 bridgehead atoms. The molecule has 23 heteroatoms. The van der Waals surface area contributed by atoms with E-state index in [-0.39, 0.29) is 55.2 Å². The van der Waals surface area contributed by atoms with Gasteiger partial charge in [-0.05, 0) is 66.2 Å². The Hall–Kier alpha value is -6.00. The van der Waals surface area contributed by atoms with E-state index >= 15 is 0 Å². The number of amides is 2. The van der Waals surface area contributed by atoms with Crippen LogP contribution >= 0.6 is 15.9 Å². The van der Waals surface area contributed by atoms with Gasteiger partial charge in [-0.3, -0.25) is 14.4 Å². The summed E-state index contributed by atoms with van der Waals surface area (Å²) in [5.41, 5.74) is -3.34. The number of hydrogen-bond donors (Lipinski definition) is 3. The summed E-state index contributed by atoms with van der Waals surface area (Å²) in [7, 11) is 0. The summed E-state index contributed by atoms with van der Waals surface area (Å²) in [6.45, 7) is 2.42. The highest BCUT2D eigenvalue weighted by molar-refractivity contribution is 9.09. The number of rotatable bonds is 12. The fraction of sp³-hybridized carbons (Fsp3) is 0.300. The van der Waals surface area contributed by atoms with Crippen LogP contribution in [-0.2, 0) is 53.4 Å². The molecule has 0 saturated carbocycles. The maximum atomic E-state index is 12.9. The van der Waals surface area contributed by atoms with Crippen LogP contribution in [0.5, 0.6) is 11.5 Å². The fourth-order valence-electron chi connectivity index (χ4n) is 4.55. The lowest BCUT2D eigenvalue weighted by Gasteiger charge is -2.20. The number of hydrogen-bond acceptors (Lipinski definition) is 8. The number of ether oxygens (including phenoxy) is 3. The van der Waals surface area contributed by atoms with E-state index in [9.17, 15) is 71.9 Å². The van der Waals surface area contributed by atoms with E-state index in [0.29, 0.717) is 29.8 Å². The molecule has 4 aromatic carbocycles. The van der Waals surface area contributed by atoms with Crippen molar-refractivity contribution in [1.82, 2.24) is 10.6 Å². The Morgan fingerprint density at radius 1 is 0.556 bits per heavy atom. The molecule has 0 heterocycles. The first kappa shape index (κ1) is 53.1. The second kappa shape index (κ2) is 23.4. The molecule has 63 heavy (non-hydrogen) atoms. The SMILES string of the molecule is CC(=O)NCCOC(=O)C(Br)c1ccc(C(F)(F)F)cc1.CC(=O)NCCOC(=O)C(Oc1cccc(C(F)(F)F)c1)c1ccc(C(F)(F)F)cc1.Oc1cccc(C(F)(F)F)c1. The van der Waals surface area contributed by atoms with Crippen molar-refractivity contribution in [1.29, 1.82) is 0 Å². The molecule has 344 valence electrons. The zero-order valence-electron chi connectivity index (χ0n) is 32.4. The van der Waals surface area contributed by atoms with Crippen LogP contribution in [0.3, 0.4) is 0 Å². The predicted molar refractivity (Wildman–Crippen MR) is 202 cm³/mol. The van der Waals surface area contributed by atoms with Gasteiger partial charge in [-0.1, -0.05) is 52.3 Å². The van der Waals surface area contributed by atoms with Crippen molar-refractivity contribution in [3.8, 4) is 11.5 Å². The van der Waals surface area contributed by atoms with E-state index < -0.39 is 69.8 Å². The quantitative estimate of drug-likeness (QED) is 0.0552. The van der Waals surface area contributed by atoms with E-state index in [1.165, 1.54) is 32.0 Å². The maximum absolute atomic E-state index is 12.9. The Morgan fingerprint density at radius 3 is 1.35 bits per heavy atom. The molecule has 3 N–H and O–H groups in total. The van der Waals surface area contributed by atoms with E-state index in [1.54, 1.807) is 0 Å². The Morgan fingerprint density at radius 2 is 0.952 bits per heavy atom. The lowest BCUT2D eigenvalue weighted by molar-refractivity contribution is -0.152. The minimum absolute atomic E-state index is 0.0127. The van der Waals surface area contributed by atoms with Crippen molar-refractivity contribution in [2.75, 3.05) is 26.3 Å². The molecule has 0 fully saturated rings. The molecule has 0 aromatic heterocycles. The van der Waals surface area contributed by atoms with Gasteiger partial charge in [0.25, 0.3) is 0 Å². The van der Waals surface area contributed by atoms with E-state index in [0.717, 1.165) is 54.6 Å². The van der Waals surface area contributed by atoms with Crippen LogP contribution in [0.2, 0.25) is 0 Å². The number of halogens is 13. The molecule has 10 nitrogen and oxygen atoms in total. The Kier molecular flexibility index (Phi) is 19.8. The van der Waals surface area contributed by atoms with Crippen molar-refractivity contribution in [3.63, 3.8) is 0 Å². The van der Waals surface area contributed by atoms with Crippen molar-refractivity contribution >= 4 is 39.7 Å². The molecular formula is C40H35BrF12N2O8. The number of benzene rings is 4. The third-order valence-corrected chi connectivity index (χ3v) is 8.42. The van der Waals surface area contributed by atoms with Gasteiger partial charge in [0.15, 0.2) is 0 Å². The topological polar surface area (TPSA) is 140 Å². The Bertz CT molecular complexity index is 2110. The van der Waals surface area contributed by atoms with Crippen LogP contribution in [0.25, 0.3) is 0 Å². The summed E-state index contributed by atoms with van der Waals surface area (Å²) in [5, 5.41) is 13.5. The first-order valence-electron chi connectivity index (χ1n) is 17.6. The summed E-state index contributed by atoms with van der Waals surface area (Å²) >= 11 is 3.06. The summed E-state index contributed by atoms with van der Waals surface area (Å²) in [5.74, 6) is -3.03. The van der Waals surface area contributed by atoms with Gasteiger partial charge < -0.3 is 30.0 Å². The van der Waals surface area contributed by atoms with E-state index in [4.69, 9.17) is 19.3 Å². The average molecular weight is 980 g/mol. The lowest BCUT2D eigenvalue weighted by atomic mass is 10.1. The smallest absolute Gasteiger partial charge is 0.416 e. The van der Waals surface area contributed by atoms with Gasteiger partial charge in [-0.15, -0.1) is 0 Å². The highest BCUT2D eigenvalue weighted by Gasteiger charge is 2.34. The first-order chi connectivity index (χ1) is 29.1. The Labute approximate surface area is 358 Å². The molecule has 0 aliphatic heterocycles. The van der Waals surface area contributed by atoms with Gasteiger partial charge in [0.2, 0.25) is 17.9 Å². The van der Waals surface area contributed by atoms with Gasteiger partial charge in [-0.2, -0.15) is 52.7 Å². The zero-order valence-corrected chi connectivity index (χ0v) is 34.0. The van der Waals surface area contributed by atoms with Gasteiger partial charge in [0.1, 0.15) is 29.5 Å². The third kappa shape index (κ3) is 19.3. The molecule has 0 spiro atoms. The highest BCUT2D eigenvalue weighted by atomic mass is 79.9. The number of alkyl halides is 13. The molecule has 2 unspecified atom stereocenters. The van der Waals surface area contributed by atoms with Crippen molar-refractivity contribution in [2.45, 2.75) is 49.5 Å². The monoisotopic (exact) mass is 978 g/mol. The van der Waals surface area contributed by atoms with Crippen LogP contribution in [0.4, 0.5) is 52.7 Å². The second-order valence-corrected chi connectivity index (χ2v) is 13.4. The van der Waals surface area contributed by atoms with Crippen LogP contribution < -0.4 is 15.4 Å². The number of aromatic hydroxyl groups is 1. The molecular weight excluding hydrogens is 944 g/mol. The van der Waals surface area contributed by atoms with Crippen LogP contribution in [0.1, 0.15) is 58.2 Å².